The number of halogens is 1. The maximum absolute atomic E-state index is 11.9. The predicted molar refractivity (Wildman–Crippen MR) is 70.8 cm³/mol. The number of anilines is 1. The second-order valence-corrected chi connectivity index (χ2v) is 4.45. The first-order valence-electron chi connectivity index (χ1n) is 5.45. The van der Waals surface area contributed by atoms with Gasteiger partial charge in [-0.1, -0.05) is 0 Å². The van der Waals surface area contributed by atoms with Crippen molar-refractivity contribution in [2.24, 2.45) is 5.73 Å². The molecule has 0 aliphatic carbocycles. The number of amides is 2. The van der Waals surface area contributed by atoms with Gasteiger partial charge in [-0.05, 0) is 35.0 Å². The molecule has 19 heavy (non-hydrogen) atoms. The van der Waals surface area contributed by atoms with Crippen LogP contribution in [0.25, 0.3) is 0 Å². The molecule has 100 valence electrons. The van der Waals surface area contributed by atoms with E-state index in [1.165, 1.54) is 16.9 Å². The molecule has 0 atom stereocenters. The molecule has 0 unspecified atom stereocenters. The van der Waals surface area contributed by atoms with Gasteiger partial charge in [0.25, 0.3) is 11.8 Å². The first kappa shape index (κ1) is 13.3. The topological polar surface area (TPSA) is 103 Å². The van der Waals surface area contributed by atoms with E-state index in [4.69, 9.17) is 10.2 Å². The van der Waals surface area contributed by atoms with Crippen LogP contribution in [0.2, 0.25) is 0 Å². The molecule has 0 spiro atoms. The van der Waals surface area contributed by atoms with Gasteiger partial charge in [0.15, 0.2) is 16.1 Å². The Morgan fingerprint density at radius 3 is 2.79 bits per heavy atom. The van der Waals surface area contributed by atoms with Crippen molar-refractivity contribution in [3.63, 3.8) is 0 Å². The lowest BCUT2D eigenvalue weighted by molar-refractivity contribution is 0.0995. The Hall–Kier alpha value is -2.09. The molecule has 0 fully saturated rings. The van der Waals surface area contributed by atoms with Gasteiger partial charge in [-0.25, -0.2) is 0 Å². The van der Waals surface area contributed by atoms with Gasteiger partial charge in [0.2, 0.25) is 0 Å². The zero-order valence-electron chi connectivity index (χ0n) is 10.0. The molecule has 2 rings (SSSR count). The Balaban J connectivity index is 2.25. The molecule has 0 aliphatic heterocycles. The summed E-state index contributed by atoms with van der Waals surface area (Å²) in [6.07, 6.45) is 1.54. The summed E-state index contributed by atoms with van der Waals surface area (Å²) >= 11 is 3.10. The molecule has 8 heteroatoms. The van der Waals surface area contributed by atoms with Gasteiger partial charge in [0, 0.05) is 12.7 Å². The lowest BCUT2D eigenvalue weighted by atomic mass is 10.3. The lowest BCUT2D eigenvalue weighted by Gasteiger charge is -2.00. The predicted octanol–water partition coefficient (Wildman–Crippen LogP) is 1.61. The van der Waals surface area contributed by atoms with Crippen LogP contribution in [0.3, 0.4) is 0 Å². The Morgan fingerprint density at radius 1 is 1.53 bits per heavy atom. The fourth-order valence-corrected chi connectivity index (χ4v) is 1.78. The molecule has 2 aromatic rings. The number of nitrogens with zero attached hydrogens (tertiary/aromatic N) is 2. The van der Waals surface area contributed by atoms with Crippen LogP contribution in [-0.2, 0) is 6.54 Å². The van der Waals surface area contributed by atoms with Crippen LogP contribution in [0.5, 0.6) is 0 Å². The number of hydrogen-bond donors (Lipinski definition) is 2. The van der Waals surface area contributed by atoms with Gasteiger partial charge in [-0.2, -0.15) is 5.10 Å². The van der Waals surface area contributed by atoms with E-state index >= 15 is 0 Å². The van der Waals surface area contributed by atoms with E-state index in [9.17, 15) is 9.59 Å². The number of nitrogens with two attached hydrogens (primary N) is 1. The van der Waals surface area contributed by atoms with E-state index in [-0.39, 0.29) is 17.1 Å². The number of rotatable bonds is 4. The Bertz CT molecular complexity index is 632. The molecular formula is C11H11BrN4O3. The van der Waals surface area contributed by atoms with Crippen molar-refractivity contribution in [1.82, 2.24) is 9.78 Å². The van der Waals surface area contributed by atoms with E-state index in [0.29, 0.717) is 11.2 Å². The largest absolute Gasteiger partial charge is 0.444 e. The molecule has 0 radical (unpaired) electrons. The Kier molecular flexibility index (Phi) is 3.70. The van der Waals surface area contributed by atoms with Crippen LogP contribution in [0.1, 0.15) is 28.0 Å². The molecule has 2 aromatic heterocycles. The molecule has 3 N–H and O–H groups in total. The smallest absolute Gasteiger partial charge is 0.291 e. The number of primary amides is 1. The molecule has 7 nitrogen and oxygen atoms in total. The van der Waals surface area contributed by atoms with Gasteiger partial charge in [0.1, 0.15) is 0 Å². The molecule has 0 bridgehead atoms. The molecule has 0 aromatic carbocycles. The average Bonchev–Trinajstić information content (AvgIpc) is 2.95. The number of nitrogens with one attached hydrogen (secondary N) is 1. The summed E-state index contributed by atoms with van der Waals surface area (Å²) in [4.78, 5) is 23.1. The maximum atomic E-state index is 11.9. The number of hydrogen-bond acceptors (Lipinski definition) is 4. The molecule has 0 saturated carbocycles. The number of carbonyl (C=O) groups excluding carboxylic acids is 2. The van der Waals surface area contributed by atoms with Crippen molar-refractivity contribution < 1.29 is 14.0 Å². The third-order valence-electron chi connectivity index (χ3n) is 2.36. The second-order valence-electron chi connectivity index (χ2n) is 3.67. The van der Waals surface area contributed by atoms with Crippen molar-refractivity contribution in [3.05, 3.63) is 34.5 Å². The van der Waals surface area contributed by atoms with E-state index in [1.807, 2.05) is 6.92 Å². The molecular weight excluding hydrogens is 316 g/mol. The van der Waals surface area contributed by atoms with E-state index < -0.39 is 11.8 Å². The van der Waals surface area contributed by atoms with Gasteiger partial charge < -0.3 is 15.5 Å². The van der Waals surface area contributed by atoms with Gasteiger partial charge >= 0.3 is 0 Å². The van der Waals surface area contributed by atoms with Crippen LogP contribution in [0.15, 0.2) is 27.4 Å². The van der Waals surface area contributed by atoms with Crippen molar-refractivity contribution >= 4 is 33.4 Å². The molecule has 0 aliphatic rings. The van der Waals surface area contributed by atoms with Crippen LogP contribution >= 0.6 is 15.9 Å². The minimum absolute atomic E-state index is 0.0146. The van der Waals surface area contributed by atoms with Crippen molar-refractivity contribution in [2.45, 2.75) is 13.5 Å². The van der Waals surface area contributed by atoms with Crippen LogP contribution in [0, 0.1) is 0 Å². The van der Waals surface area contributed by atoms with Gasteiger partial charge in [-0.15, -0.1) is 0 Å². The Labute approximate surface area is 116 Å². The highest BCUT2D eigenvalue weighted by Gasteiger charge is 2.18. The standard InChI is InChI=1S/C11H11BrN4O3/c1-2-16-5-6(9(15-16)10(13)17)14-11(18)7-3-4-8(12)19-7/h3-5H,2H2,1H3,(H2,13,17)(H,14,18). The third-order valence-corrected chi connectivity index (χ3v) is 2.79. The van der Waals surface area contributed by atoms with Crippen LogP contribution < -0.4 is 11.1 Å². The average molecular weight is 327 g/mol. The number of aromatic nitrogens is 2. The zero-order chi connectivity index (χ0) is 14.0. The highest BCUT2D eigenvalue weighted by atomic mass is 79.9. The monoisotopic (exact) mass is 326 g/mol. The molecule has 0 saturated heterocycles. The van der Waals surface area contributed by atoms with Crippen molar-refractivity contribution in [2.75, 3.05) is 5.32 Å². The first-order valence-corrected chi connectivity index (χ1v) is 6.24. The summed E-state index contributed by atoms with van der Waals surface area (Å²) in [6, 6.07) is 3.10. The lowest BCUT2D eigenvalue weighted by Crippen LogP contribution is -2.17. The number of aryl methyl sites for hydroxylation is 1. The zero-order valence-corrected chi connectivity index (χ0v) is 11.6. The van der Waals surface area contributed by atoms with Crippen molar-refractivity contribution in [3.8, 4) is 0 Å². The van der Waals surface area contributed by atoms with E-state index in [2.05, 4.69) is 26.3 Å². The molecule has 2 heterocycles. The van der Waals surface area contributed by atoms with Crippen LogP contribution in [0.4, 0.5) is 5.69 Å². The SMILES string of the molecule is CCn1cc(NC(=O)c2ccc(Br)o2)c(C(N)=O)n1. The summed E-state index contributed by atoms with van der Waals surface area (Å²) < 4.78 is 7.06. The van der Waals surface area contributed by atoms with Crippen LogP contribution in [-0.4, -0.2) is 21.6 Å². The quantitative estimate of drug-likeness (QED) is 0.890. The summed E-state index contributed by atoms with van der Waals surface area (Å²) in [7, 11) is 0. The van der Waals surface area contributed by atoms with E-state index in [1.54, 1.807) is 6.07 Å². The van der Waals surface area contributed by atoms with Gasteiger partial charge in [-0.3, -0.25) is 14.3 Å². The normalized spacial score (nSPS) is 10.4. The number of furan rings is 1. The summed E-state index contributed by atoms with van der Waals surface area (Å²) in [5.74, 6) is -1.07. The molecule has 2 amide bonds. The third kappa shape index (κ3) is 2.84. The number of carbonyl (C=O) groups is 2. The first-order chi connectivity index (χ1) is 9.01. The fraction of sp³-hybridized carbons (Fsp3) is 0.182. The fourth-order valence-electron chi connectivity index (χ4n) is 1.48. The summed E-state index contributed by atoms with van der Waals surface area (Å²) in [5, 5.41) is 6.51. The van der Waals surface area contributed by atoms with Gasteiger partial charge in [0.05, 0.1) is 5.69 Å². The maximum Gasteiger partial charge on any atom is 0.291 e. The van der Waals surface area contributed by atoms with E-state index in [0.717, 1.165) is 0 Å². The minimum atomic E-state index is -0.705. The Morgan fingerprint density at radius 2 is 2.26 bits per heavy atom. The highest BCUT2D eigenvalue weighted by molar-refractivity contribution is 9.10. The minimum Gasteiger partial charge on any atom is -0.444 e. The second kappa shape index (κ2) is 5.27. The van der Waals surface area contributed by atoms with Crippen molar-refractivity contribution in [1.29, 1.82) is 0 Å². The summed E-state index contributed by atoms with van der Waals surface area (Å²) in [6.45, 7) is 2.41. The summed E-state index contributed by atoms with van der Waals surface area (Å²) in [5.41, 5.74) is 5.48. The highest BCUT2D eigenvalue weighted by Crippen LogP contribution is 2.18.